The standard InChI is InChI=1S/C16H13F6N.ClH/c17-15(18,19)12-6-11(7-13(8-12)16(20,21)22)14(9-23)10-4-2-1-3-5-10;/h1-8,14H,9,23H2;1H. The maximum Gasteiger partial charge on any atom is 0.416 e. The van der Waals surface area contributed by atoms with Crippen molar-refractivity contribution >= 4 is 12.4 Å². The average molecular weight is 370 g/mol. The summed E-state index contributed by atoms with van der Waals surface area (Å²) in [5, 5.41) is 0. The molecular formula is C16H14ClF6N. The number of halogens is 7. The zero-order valence-corrected chi connectivity index (χ0v) is 13.0. The first-order valence-corrected chi connectivity index (χ1v) is 6.67. The van der Waals surface area contributed by atoms with Crippen LogP contribution in [-0.4, -0.2) is 6.54 Å². The lowest BCUT2D eigenvalue weighted by Gasteiger charge is -2.20. The molecule has 0 amide bonds. The Hall–Kier alpha value is -1.73. The van der Waals surface area contributed by atoms with Crippen molar-refractivity contribution in [3.8, 4) is 0 Å². The quantitative estimate of drug-likeness (QED) is 0.736. The molecule has 0 heterocycles. The average Bonchev–Trinajstić information content (AvgIpc) is 2.47. The van der Waals surface area contributed by atoms with Gasteiger partial charge >= 0.3 is 12.4 Å². The molecule has 0 aliphatic rings. The summed E-state index contributed by atoms with van der Waals surface area (Å²) >= 11 is 0. The minimum Gasteiger partial charge on any atom is -0.330 e. The van der Waals surface area contributed by atoms with Crippen molar-refractivity contribution in [2.24, 2.45) is 5.73 Å². The van der Waals surface area contributed by atoms with E-state index in [4.69, 9.17) is 5.73 Å². The molecule has 1 nitrogen and oxygen atoms in total. The van der Waals surface area contributed by atoms with E-state index < -0.39 is 29.4 Å². The van der Waals surface area contributed by atoms with Gasteiger partial charge in [0, 0.05) is 12.5 Å². The minimum absolute atomic E-state index is 0. The van der Waals surface area contributed by atoms with Crippen LogP contribution in [0.25, 0.3) is 0 Å². The molecule has 0 fully saturated rings. The number of nitrogens with two attached hydrogens (primary N) is 1. The van der Waals surface area contributed by atoms with E-state index in [0.717, 1.165) is 12.1 Å². The predicted molar refractivity (Wildman–Crippen MR) is 81.0 cm³/mol. The molecule has 1 unspecified atom stereocenters. The molecule has 0 saturated heterocycles. The van der Waals surface area contributed by atoms with Gasteiger partial charge in [0.2, 0.25) is 0 Å². The molecule has 0 saturated carbocycles. The molecule has 2 N–H and O–H groups in total. The van der Waals surface area contributed by atoms with Crippen LogP contribution in [-0.2, 0) is 12.4 Å². The zero-order chi connectivity index (χ0) is 17.3. The summed E-state index contributed by atoms with van der Waals surface area (Å²) in [4.78, 5) is 0. The topological polar surface area (TPSA) is 26.0 Å². The Morgan fingerprint density at radius 3 is 1.58 bits per heavy atom. The fourth-order valence-corrected chi connectivity index (χ4v) is 2.33. The Morgan fingerprint density at radius 2 is 1.21 bits per heavy atom. The Morgan fingerprint density at radius 1 is 0.750 bits per heavy atom. The van der Waals surface area contributed by atoms with Gasteiger partial charge in [0.25, 0.3) is 0 Å². The molecule has 2 rings (SSSR count). The Balaban J connectivity index is 0.00000288. The van der Waals surface area contributed by atoms with Crippen molar-refractivity contribution in [2.75, 3.05) is 6.54 Å². The second-order valence-corrected chi connectivity index (χ2v) is 5.04. The number of hydrogen-bond donors (Lipinski definition) is 1. The summed E-state index contributed by atoms with van der Waals surface area (Å²) in [5.41, 5.74) is 3.37. The highest BCUT2D eigenvalue weighted by Crippen LogP contribution is 2.38. The van der Waals surface area contributed by atoms with Crippen molar-refractivity contribution in [3.63, 3.8) is 0 Å². The maximum atomic E-state index is 12.9. The first-order chi connectivity index (χ1) is 10.6. The molecule has 2 aromatic rings. The largest absolute Gasteiger partial charge is 0.416 e. The third kappa shape index (κ3) is 4.64. The highest BCUT2D eigenvalue weighted by atomic mass is 35.5. The molecule has 0 aliphatic heterocycles. The summed E-state index contributed by atoms with van der Waals surface area (Å²) in [6.07, 6.45) is -9.74. The predicted octanol–water partition coefficient (Wildman–Crippen LogP) is 5.24. The van der Waals surface area contributed by atoms with Gasteiger partial charge in [-0.05, 0) is 29.3 Å². The number of benzene rings is 2. The van der Waals surface area contributed by atoms with Crippen molar-refractivity contribution in [1.82, 2.24) is 0 Å². The zero-order valence-electron chi connectivity index (χ0n) is 12.2. The third-order valence-electron chi connectivity index (χ3n) is 3.45. The molecule has 1 atom stereocenters. The van der Waals surface area contributed by atoms with E-state index in [9.17, 15) is 26.3 Å². The summed E-state index contributed by atoms with van der Waals surface area (Å²) in [6.45, 7) is -0.109. The molecule has 0 bridgehead atoms. The molecule has 2 aromatic carbocycles. The van der Waals surface area contributed by atoms with Crippen LogP contribution >= 0.6 is 12.4 Å². The van der Waals surface area contributed by atoms with Gasteiger partial charge in [-0.1, -0.05) is 30.3 Å². The summed E-state index contributed by atoms with van der Waals surface area (Å²) in [7, 11) is 0. The highest BCUT2D eigenvalue weighted by Gasteiger charge is 2.37. The van der Waals surface area contributed by atoms with E-state index in [1.54, 1.807) is 30.3 Å². The second kappa shape index (κ2) is 7.44. The Bertz CT molecular complexity index is 634. The molecule has 0 spiro atoms. The van der Waals surface area contributed by atoms with Crippen molar-refractivity contribution in [3.05, 3.63) is 70.8 Å². The van der Waals surface area contributed by atoms with Crippen LogP contribution in [0.15, 0.2) is 48.5 Å². The van der Waals surface area contributed by atoms with Crippen LogP contribution in [0, 0.1) is 0 Å². The summed E-state index contributed by atoms with van der Waals surface area (Å²) in [6, 6.07) is 9.79. The van der Waals surface area contributed by atoms with Gasteiger partial charge in [-0.15, -0.1) is 12.4 Å². The molecular weight excluding hydrogens is 356 g/mol. The van der Waals surface area contributed by atoms with E-state index in [-0.39, 0.29) is 30.6 Å². The van der Waals surface area contributed by atoms with E-state index >= 15 is 0 Å². The van der Waals surface area contributed by atoms with Gasteiger partial charge in [-0.25, -0.2) is 0 Å². The lowest BCUT2D eigenvalue weighted by atomic mass is 9.89. The van der Waals surface area contributed by atoms with E-state index in [1.165, 1.54) is 0 Å². The van der Waals surface area contributed by atoms with E-state index in [1.807, 2.05) is 0 Å². The van der Waals surface area contributed by atoms with Gasteiger partial charge in [0.05, 0.1) is 11.1 Å². The van der Waals surface area contributed by atoms with Gasteiger partial charge in [-0.2, -0.15) is 26.3 Å². The third-order valence-corrected chi connectivity index (χ3v) is 3.45. The molecule has 24 heavy (non-hydrogen) atoms. The lowest BCUT2D eigenvalue weighted by Crippen LogP contribution is -2.17. The van der Waals surface area contributed by atoms with Crippen LogP contribution < -0.4 is 5.73 Å². The van der Waals surface area contributed by atoms with E-state index in [0.29, 0.717) is 5.56 Å². The number of alkyl halides is 6. The van der Waals surface area contributed by atoms with Crippen LogP contribution in [0.1, 0.15) is 28.2 Å². The Kier molecular flexibility index (Phi) is 6.30. The van der Waals surface area contributed by atoms with Crippen molar-refractivity contribution in [2.45, 2.75) is 18.3 Å². The van der Waals surface area contributed by atoms with Crippen molar-refractivity contribution < 1.29 is 26.3 Å². The normalized spacial score (nSPS) is 13.3. The first kappa shape index (κ1) is 20.3. The van der Waals surface area contributed by atoms with Gasteiger partial charge in [0.1, 0.15) is 0 Å². The SMILES string of the molecule is Cl.NCC(c1ccccc1)c1cc(C(F)(F)F)cc(C(F)(F)F)c1. The molecule has 132 valence electrons. The van der Waals surface area contributed by atoms with Crippen LogP contribution in [0.3, 0.4) is 0 Å². The Labute approximate surface area is 140 Å². The van der Waals surface area contributed by atoms with Gasteiger partial charge in [-0.3, -0.25) is 0 Å². The highest BCUT2D eigenvalue weighted by molar-refractivity contribution is 5.85. The van der Waals surface area contributed by atoms with Crippen LogP contribution in [0.2, 0.25) is 0 Å². The van der Waals surface area contributed by atoms with Crippen molar-refractivity contribution in [1.29, 1.82) is 0 Å². The number of hydrogen-bond acceptors (Lipinski definition) is 1. The molecule has 0 aliphatic carbocycles. The van der Waals surface area contributed by atoms with Crippen LogP contribution in [0.4, 0.5) is 26.3 Å². The fourth-order valence-electron chi connectivity index (χ4n) is 2.33. The smallest absolute Gasteiger partial charge is 0.330 e. The van der Waals surface area contributed by atoms with Gasteiger partial charge < -0.3 is 5.73 Å². The van der Waals surface area contributed by atoms with Gasteiger partial charge in [0.15, 0.2) is 0 Å². The lowest BCUT2D eigenvalue weighted by molar-refractivity contribution is -0.143. The minimum atomic E-state index is -4.87. The molecule has 0 radical (unpaired) electrons. The number of rotatable bonds is 3. The first-order valence-electron chi connectivity index (χ1n) is 6.67. The summed E-state index contributed by atoms with van der Waals surface area (Å²) < 4.78 is 77.4. The van der Waals surface area contributed by atoms with Crippen LogP contribution in [0.5, 0.6) is 0 Å². The molecule has 0 aromatic heterocycles. The maximum absolute atomic E-state index is 12.9. The molecule has 8 heteroatoms. The van der Waals surface area contributed by atoms with E-state index in [2.05, 4.69) is 0 Å². The second-order valence-electron chi connectivity index (χ2n) is 5.04. The monoisotopic (exact) mass is 369 g/mol. The fraction of sp³-hybridized carbons (Fsp3) is 0.250. The summed E-state index contributed by atoms with van der Waals surface area (Å²) in [5.74, 6) is -0.750.